The van der Waals surface area contributed by atoms with Gasteiger partial charge in [-0.3, -0.25) is 0 Å². The number of pyridine rings is 1. The maximum atomic E-state index is 11.8. The first-order chi connectivity index (χ1) is 6.29. The number of hydrogen-bond acceptors (Lipinski definition) is 3. The third-order valence-corrected chi connectivity index (χ3v) is 1.61. The van der Waals surface area contributed by atoms with Gasteiger partial charge in [0.25, 0.3) is 0 Å². The normalized spacial score (nSPS) is 11.5. The standard InChI is InChI=1S/C6H3Cl2F3N2O/c7-2-1-3(8)13-5(12)4(2)14-6(9,10)11/h1H,(H2,12,13). The highest BCUT2D eigenvalue weighted by atomic mass is 35.5. The van der Waals surface area contributed by atoms with Crippen LogP contribution in [0.15, 0.2) is 6.07 Å². The molecule has 1 aromatic rings. The molecule has 0 saturated heterocycles. The van der Waals surface area contributed by atoms with Gasteiger partial charge in [-0.25, -0.2) is 4.98 Å². The van der Waals surface area contributed by atoms with Crippen molar-refractivity contribution >= 4 is 29.0 Å². The van der Waals surface area contributed by atoms with Crippen molar-refractivity contribution in [2.24, 2.45) is 0 Å². The first kappa shape index (κ1) is 11.2. The molecule has 0 atom stereocenters. The summed E-state index contributed by atoms with van der Waals surface area (Å²) in [6.45, 7) is 0. The fourth-order valence-electron chi connectivity index (χ4n) is 0.707. The monoisotopic (exact) mass is 246 g/mol. The molecule has 3 nitrogen and oxygen atoms in total. The van der Waals surface area contributed by atoms with Gasteiger partial charge in [0.05, 0.1) is 5.02 Å². The largest absolute Gasteiger partial charge is 0.573 e. The van der Waals surface area contributed by atoms with E-state index in [1.54, 1.807) is 0 Å². The van der Waals surface area contributed by atoms with Crippen molar-refractivity contribution in [3.8, 4) is 5.75 Å². The summed E-state index contributed by atoms with van der Waals surface area (Å²) in [5.41, 5.74) is 5.12. The average Bonchev–Trinajstić information content (AvgIpc) is 1.95. The minimum atomic E-state index is -4.87. The summed E-state index contributed by atoms with van der Waals surface area (Å²) in [5.74, 6) is -1.26. The highest BCUT2D eigenvalue weighted by Crippen LogP contribution is 2.35. The Kier molecular flexibility index (Phi) is 2.96. The summed E-state index contributed by atoms with van der Waals surface area (Å²) in [7, 11) is 0. The lowest BCUT2D eigenvalue weighted by Crippen LogP contribution is -2.18. The molecule has 0 aliphatic heterocycles. The molecule has 0 aliphatic rings. The maximum absolute atomic E-state index is 11.8. The van der Waals surface area contributed by atoms with E-state index in [9.17, 15) is 13.2 Å². The smallest absolute Gasteiger partial charge is 0.400 e. The lowest BCUT2D eigenvalue weighted by atomic mass is 10.4. The Morgan fingerprint density at radius 2 is 1.93 bits per heavy atom. The molecule has 0 amide bonds. The van der Waals surface area contributed by atoms with E-state index in [0.29, 0.717) is 0 Å². The predicted molar refractivity (Wildman–Crippen MR) is 45.4 cm³/mol. The van der Waals surface area contributed by atoms with E-state index >= 15 is 0 Å². The molecule has 0 saturated carbocycles. The van der Waals surface area contributed by atoms with Crippen LogP contribution in [0.25, 0.3) is 0 Å². The van der Waals surface area contributed by atoms with Gasteiger partial charge in [0.2, 0.25) is 0 Å². The molecule has 0 aromatic carbocycles. The summed E-state index contributed by atoms with van der Waals surface area (Å²) in [4.78, 5) is 3.35. The molecule has 1 heterocycles. The lowest BCUT2D eigenvalue weighted by molar-refractivity contribution is -0.274. The van der Waals surface area contributed by atoms with E-state index in [1.165, 1.54) is 0 Å². The SMILES string of the molecule is Nc1nc(Cl)cc(Cl)c1OC(F)(F)F. The molecule has 1 aromatic heterocycles. The molecular weight excluding hydrogens is 244 g/mol. The van der Waals surface area contributed by atoms with Gasteiger partial charge < -0.3 is 10.5 Å². The average molecular weight is 247 g/mol. The van der Waals surface area contributed by atoms with E-state index in [1.807, 2.05) is 0 Å². The zero-order chi connectivity index (χ0) is 10.9. The summed E-state index contributed by atoms with van der Waals surface area (Å²) in [6, 6.07) is 1.00. The van der Waals surface area contributed by atoms with E-state index < -0.39 is 17.9 Å². The number of hydrogen-bond donors (Lipinski definition) is 1. The Hall–Kier alpha value is -0.880. The second-order valence-electron chi connectivity index (χ2n) is 2.19. The topological polar surface area (TPSA) is 48.1 Å². The van der Waals surface area contributed by atoms with Crippen molar-refractivity contribution in [1.29, 1.82) is 0 Å². The molecule has 8 heteroatoms. The van der Waals surface area contributed by atoms with Crippen molar-refractivity contribution in [3.63, 3.8) is 0 Å². The van der Waals surface area contributed by atoms with Gasteiger partial charge in [-0.2, -0.15) is 0 Å². The Bertz CT molecular complexity index is 332. The van der Waals surface area contributed by atoms with Crippen LogP contribution in [-0.2, 0) is 0 Å². The van der Waals surface area contributed by atoms with Gasteiger partial charge in [0.15, 0.2) is 11.6 Å². The molecular formula is C6H3Cl2F3N2O. The van der Waals surface area contributed by atoms with Gasteiger partial charge in [0, 0.05) is 0 Å². The van der Waals surface area contributed by atoms with Gasteiger partial charge >= 0.3 is 6.36 Å². The maximum Gasteiger partial charge on any atom is 0.573 e. The molecule has 0 spiro atoms. The zero-order valence-electron chi connectivity index (χ0n) is 6.40. The fraction of sp³-hybridized carbons (Fsp3) is 0.167. The predicted octanol–water partition coefficient (Wildman–Crippen LogP) is 2.87. The van der Waals surface area contributed by atoms with Crippen molar-refractivity contribution < 1.29 is 17.9 Å². The van der Waals surface area contributed by atoms with Crippen LogP contribution >= 0.6 is 23.2 Å². The third kappa shape index (κ3) is 2.81. The summed E-state index contributed by atoms with van der Waals surface area (Å²) in [5, 5.41) is -0.457. The third-order valence-electron chi connectivity index (χ3n) is 1.14. The number of halogens is 5. The first-order valence-corrected chi connectivity index (χ1v) is 3.92. The number of rotatable bonds is 1. The molecule has 14 heavy (non-hydrogen) atoms. The van der Waals surface area contributed by atoms with Crippen LogP contribution in [0, 0.1) is 0 Å². The fourth-order valence-corrected chi connectivity index (χ4v) is 1.20. The number of nitrogens with zero attached hydrogens (tertiary/aromatic N) is 1. The van der Waals surface area contributed by atoms with E-state index in [2.05, 4.69) is 9.72 Å². The van der Waals surface area contributed by atoms with Crippen LogP contribution in [0.5, 0.6) is 5.75 Å². The number of anilines is 1. The number of alkyl halides is 3. The van der Waals surface area contributed by atoms with Crippen LogP contribution in [0.3, 0.4) is 0 Å². The first-order valence-electron chi connectivity index (χ1n) is 3.17. The molecule has 1 rings (SSSR count). The number of nitrogen functional groups attached to an aromatic ring is 1. The Morgan fingerprint density at radius 3 is 2.36 bits per heavy atom. The van der Waals surface area contributed by atoms with Crippen LogP contribution in [0.1, 0.15) is 0 Å². The Morgan fingerprint density at radius 1 is 1.36 bits per heavy atom. The van der Waals surface area contributed by atoms with Crippen LogP contribution in [0.4, 0.5) is 19.0 Å². The molecule has 0 bridgehead atoms. The van der Waals surface area contributed by atoms with Crippen molar-refractivity contribution in [3.05, 3.63) is 16.2 Å². The van der Waals surface area contributed by atoms with Gasteiger partial charge in [-0.15, -0.1) is 13.2 Å². The summed E-state index contributed by atoms with van der Waals surface area (Å²) < 4.78 is 39.0. The van der Waals surface area contributed by atoms with Crippen molar-refractivity contribution in [2.75, 3.05) is 5.73 Å². The zero-order valence-corrected chi connectivity index (χ0v) is 7.91. The quantitative estimate of drug-likeness (QED) is 0.776. The van der Waals surface area contributed by atoms with Gasteiger partial charge in [-0.05, 0) is 6.07 Å². The number of ether oxygens (including phenoxy) is 1. The number of nitrogens with two attached hydrogens (primary N) is 1. The minimum absolute atomic E-state index is 0.109. The van der Waals surface area contributed by atoms with Gasteiger partial charge in [0.1, 0.15) is 5.15 Å². The van der Waals surface area contributed by atoms with Crippen molar-refractivity contribution in [2.45, 2.75) is 6.36 Å². The molecule has 2 N–H and O–H groups in total. The Labute approximate surface area is 86.6 Å². The molecule has 78 valence electrons. The molecule has 0 unspecified atom stereocenters. The highest BCUT2D eigenvalue weighted by molar-refractivity contribution is 6.35. The second kappa shape index (κ2) is 3.70. The van der Waals surface area contributed by atoms with Gasteiger partial charge in [-0.1, -0.05) is 23.2 Å². The summed E-state index contributed by atoms with van der Waals surface area (Å²) in [6.07, 6.45) is -4.87. The van der Waals surface area contributed by atoms with E-state index in [-0.39, 0.29) is 10.2 Å². The highest BCUT2D eigenvalue weighted by Gasteiger charge is 2.33. The van der Waals surface area contributed by atoms with Crippen LogP contribution < -0.4 is 10.5 Å². The van der Waals surface area contributed by atoms with Crippen LogP contribution in [-0.4, -0.2) is 11.3 Å². The van der Waals surface area contributed by atoms with Crippen molar-refractivity contribution in [1.82, 2.24) is 4.98 Å². The Balaban J connectivity index is 3.09. The number of aromatic nitrogens is 1. The lowest BCUT2D eigenvalue weighted by Gasteiger charge is -2.11. The summed E-state index contributed by atoms with van der Waals surface area (Å²) >= 11 is 10.8. The van der Waals surface area contributed by atoms with Crippen LogP contribution in [0.2, 0.25) is 10.2 Å². The second-order valence-corrected chi connectivity index (χ2v) is 2.98. The van der Waals surface area contributed by atoms with E-state index in [0.717, 1.165) is 6.07 Å². The molecule has 0 radical (unpaired) electrons. The molecule has 0 aliphatic carbocycles. The minimum Gasteiger partial charge on any atom is -0.400 e. The van der Waals surface area contributed by atoms with E-state index in [4.69, 9.17) is 28.9 Å². The molecule has 0 fully saturated rings.